The second kappa shape index (κ2) is 6.37. The van der Waals surface area contributed by atoms with Crippen LogP contribution in [0.3, 0.4) is 0 Å². The zero-order valence-corrected chi connectivity index (χ0v) is 8.12. The minimum Gasteiger partial charge on any atom is -0.383 e. The van der Waals surface area contributed by atoms with Gasteiger partial charge in [-0.15, -0.1) is 0 Å². The Morgan fingerprint density at radius 2 is 2.27 bits per heavy atom. The molecular formula is C7H16N2OS. The Kier molecular flexibility index (Phi) is 6.16. The van der Waals surface area contributed by atoms with E-state index in [-0.39, 0.29) is 6.04 Å². The van der Waals surface area contributed by atoms with Crippen molar-refractivity contribution in [3.05, 3.63) is 0 Å². The highest BCUT2D eigenvalue weighted by Gasteiger charge is 2.00. The van der Waals surface area contributed by atoms with Crippen molar-refractivity contribution in [2.75, 3.05) is 20.3 Å². The van der Waals surface area contributed by atoms with Crippen LogP contribution in [0, 0.1) is 0 Å². The van der Waals surface area contributed by atoms with Crippen molar-refractivity contribution >= 4 is 17.3 Å². The molecule has 66 valence electrons. The molecule has 0 aromatic heterocycles. The third-order valence-corrected chi connectivity index (χ3v) is 1.39. The summed E-state index contributed by atoms with van der Waals surface area (Å²) >= 11 is 4.97. The van der Waals surface area contributed by atoms with Crippen LogP contribution in [-0.4, -0.2) is 31.4 Å². The van der Waals surface area contributed by atoms with E-state index in [1.165, 1.54) is 0 Å². The standard InChI is InChI=1S/C7H16N2OS/c1-4-8-7(11)9-6(2)5-10-3/h6H,4-5H2,1-3H3,(H2,8,9,11). The van der Waals surface area contributed by atoms with Gasteiger partial charge >= 0.3 is 0 Å². The zero-order chi connectivity index (χ0) is 8.69. The van der Waals surface area contributed by atoms with Crippen LogP contribution in [-0.2, 0) is 4.74 Å². The van der Waals surface area contributed by atoms with Crippen LogP contribution in [0.1, 0.15) is 13.8 Å². The summed E-state index contributed by atoms with van der Waals surface area (Å²) in [7, 11) is 1.68. The molecule has 11 heavy (non-hydrogen) atoms. The van der Waals surface area contributed by atoms with Gasteiger partial charge in [0.05, 0.1) is 6.61 Å². The zero-order valence-electron chi connectivity index (χ0n) is 7.31. The van der Waals surface area contributed by atoms with Gasteiger partial charge in [0.15, 0.2) is 5.11 Å². The van der Waals surface area contributed by atoms with E-state index < -0.39 is 0 Å². The lowest BCUT2D eigenvalue weighted by Crippen LogP contribution is -2.42. The van der Waals surface area contributed by atoms with Crippen molar-refractivity contribution in [3.8, 4) is 0 Å². The Bertz CT molecular complexity index is 119. The molecule has 4 heteroatoms. The lowest BCUT2D eigenvalue weighted by atomic mass is 10.4. The maximum atomic E-state index is 4.97. The second-order valence-corrected chi connectivity index (χ2v) is 2.77. The predicted octanol–water partition coefficient (Wildman–Crippen LogP) is 0.505. The van der Waals surface area contributed by atoms with Crippen LogP contribution in [0.15, 0.2) is 0 Å². The molecule has 0 fully saturated rings. The van der Waals surface area contributed by atoms with E-state index in [2.05, 4.69) is 10.6 Å². The molecule has 2 N–H and O–H groups in total. The number of thiocarbonyl (C=S) groups is 1. The summed E-state index contributed by atoms with van der Waals surface area (Å²) in [6, 6.07) is 0.270. The molecule has 0 saturated heterocycles. The second-order valence-electron chi connectivity index (χ2n) is 2.36. The first-order valence-corrected chi connectivity index (χ1v) is 4.14. The molecule has 0 rings (SSSR count). The largest absolute Gasteiger partial charge is 0.383 e. The first-order chi connectivity index (χ1) is 5.20. The molecule has 0 aliphatic carbocycles. The summed E-state index contributed by atoms with van der Waals surface area (Å²) in [4.78, 5) is 0. The lowest BCUT2D eigenvalue weighted by Gasteiger charge is -2.14. The molecule has 3 nitrogen and oxygen atoms in total. The average molecular weight is 176 g/mol. The first kappa shape index (κ1) is 10.7. The van der Waals surface area contributed by atoms with E-state index in [0.29, 0.717) is 11.7 Å². The highest BCUT2D eigenvalue weighted by atomic mass is 32.1. The van der Waals surface area contributed by atoms with Gasteiger partial charge in [-0.3, -0.25) is 0 Å². The van der Waals surface area contributed by atoms with Gasteiger partial charge in [0.2, 0.25) is 0 Å². The molecule has 0 spiro atoms. The topological polar surface area (TPSA) is 33.3 Å². The van der Waals surface area contributed by atoms with Gasteiger partial charge in [0.25, 0.3) is 0 Å². The van der Waals surface area contributed by atoms with Crippen molar-refractivity contribution in [1.82, 2.24) is 10.6 Å². The third kappa shape index (κ3) is 6.06. The van der Waals surface area contributed by atoms with Gasteiger partial charge in [-0.05, 0) is 26.1 Å². The van der Waals surface area contributed by atoms with Gasteiger partial charge in [0.1, 0.15) is 0 Å². The molecule has 1 unspecified atom stereocenters. The van der Waals surface area contributed by atoms with Crippen LogP contribution in [0.25, 0.3) is 0 Å². The molecule has 0 saturated carbocycles. The van der Waals surface area contributed by atoms with Crippen LogP contribution < -0.4 is 10.6 Å². The molecular weight excluding hydrogens is 160 g/mol. The van der Waals surface area contributed by atoms with E-state index in [4.69, 9.17) is 17.0 Å². The summed E-state index contributed by atoms with van der Waals surface area (Å²) in [5, 5.41) is 6.77. The predicted molar refractivity (Wildman–Crippen MR) is 50.7 cm³/mol. The molecule has 0 aromatic carbocycles. The number of methoxy groups -OCH3 is 1. The Balaban J connectivity index is 3.40. The van der Waals surface area contributed by atoms with E-state index >= 15 is 0 Å². The van der Waals surface area contributed by atoms with Gasteiger partial charge in [-0.2, -0.15) is 0 Å². The maximum absolute atomic E-state index is 4.97. The monoisotopic (exact) mass is 176 g/mol. The van der Waals surface area contributed by atoms with Gasteiger partial charge in [-0.25, -0.2) is 0 Å². The molecule has 0 aliphatic heterocycles. The van der Waals surface area contributed by atoms with Crippen LogP contribution in [0.4, 0.5) is 0 Å². The van der Waals surface area contributed by atoms with Gasteiger partial charge in [-0.1, -0.05) is 0 Å². The van der Waals surface area contributed by atoms with Crippen LogP contribution in [0.5, 0.6) is 0 Å². The highest BCUT2D eigenvalue weighted by Crippen LogP contribution is 1.81. The smallest absolute Gasteiger partial charge is 0.166 e. The quantitative estimate of drug-likeness (QED) is 0.611. The number of ether oxygens (including phenoxy) is 1. The normalized spacial score (nSPS) is 12.3. The number of rotatable bonds is 4. The van der Waals surface area contributed by atoms with Crippen molar-refractivity contribution in [2.24, 2.45) is 0 Å². The Labute approximate surface area is 73.5 Å². The Morgan fingerprint density at radius 3 is 2.73 bits per heavy atom. The number of nitrogens with one attached hydrogen (secondary N) is 2. The van der Waals surface area contributed by atoms with E-state index in [0.717, 1.165) is 6.54 Å². The maximum Gasteiger partial charge on any atom is 0.166 e. The lowest BCUT2D eigenvalue weighted by molar-refractivity contribution is 0.179. The SMILES string of the molecule is CCNC(=S)NC(C)COC. The summed E-state index contributed by atoms with van der Waals surface area (Å²) in [5.74, 6) is 0. The Hall–Kier alpha value is -0.350. The van der Waals surface area contributed by atoms with Gasteiger partial charge < -0.3 is 15.4 Å². The highest BCUT2D eigenvalue weighted by molar-refractivity contribution is 7.80. The minimum atomic E-state index is 0.270. The third-order valence-electron chi connectivity index (χ3n) is 1.13. The van der Waals surface area contributed by atoms with E-state index in [1.54, 1.807) is 7.11 Å². The molecule has 0 aliphatic rings. The molecule has 0 aromatic rings. The van der Waals surface area contributed by atoms with Crippen LogP contribution >= 0.6 is 12.2 Å². The fourth-order valence-electron chi connectivity index (χ4n) is 0.727. The fraction of sp³-hybridized carbons (Fsp3) is 0.857. The number of hydrogen-bond acceptors (Lipinski definition) is 2. The molecule has 0 heterocycles. The molecule has 0 radical (unpaired) electrons. The average Bonchev–Trinajstić information content (AvgIpc) is 1.87. The Morgan fingerprint density at radius 1 is 1.64 bits per heavy atom. The summed E-state index contributed by atoms with van der Waals surface area (Å²) in [5.41, 5.74) is 0. The van der Waals surface area contributed by atoms with Gasteiger partial charge in [0, 0.05) is 19.7 Å². The summed E-state index contributed by atoms with van der Waals surface area (Å²) < 4.78 is 4.93. The summed E-state index contributed by atoms with van der Waals surface area (Å²) in [6.07, 6.45) is 0. The van der Waals surface area contributed by atoms with Crippen molar-refractivity contribution < 1.29 is 4.74 Å². The van der Waals surface area contributed by atoms with E-state index in [9.17, 15) is 0 Å². The first-order valence-electron chi connectivity index (χ1n) is 3.74. The number of hydrogen-bond donors (Lipinski definition) is 2. The summed E-state index contributed by atoms with van der Waals surface area (Å²) in [6.45, 7) is 5.55. The molecule has 0 bridgehead atoms. The van der Waals surface area contributed by atoms with Crippen molar-refractivity contribution in [1.29, 1.82) is 0 Å². The minimum absolute atomic E-state index is 0.270. The molecule has 0 amide bonds. The molecule has 1 atom stereocenters. The fourth-order valence-corrected chi connectivity index (χ4v) is 1.07. The van der Waals surface area contributed by atoms with E-state index in [1.807, 2.05) is 13.8 Å². The van der Waals surface area contributed by atoms with Crippen molar-refractivity contribution in [3.63, 3.8) is 0 Å². The van der Waals surface area contributed by atoms with Crippen molar-refractivity contribution in [2.45, 2.75) is 19.9 Å². The van der Waals surface area contributed by atoms with Crippen LogP contribution in [0.2, 0.25) is 0 Å².